The van der Waals surface area contributed by atoms with Gasteiger partial charge in [-0.1, -0.05) is 24.6 Å². The summed E-state index contributed by atoms with van der Waals surface area (Å²) >= 11 is 0. The molecule has 0 spiro atoms. The lowest BCUT2D eigenvalue weighted by molar-refractivity contribution is -0.142. The van der Waals surface area contributed by atoms with Gasteiger partial charge in [0.05, 0.1) is 11.8 Å². The fraction of sp³-hybridized carbons (Fsp3) is 0.792. The Bertz CT molecular complexity index is 808. The van der Waals surface area contributed by atoms with Crippen LogP contribution in [-0.4, -0.2) is 46.6 Å². The molecule has 0 radical (unpaired) electrons. The molecule has 4 aliphatic rings. The van der Waals surface area contributed by atoms with Gasteiger partial charge < -0.3 is 20.4 Å². The number of nitrogens with one attached hydrogen (secondary N) is 1. The number of carboxylic acids is 1. The Morgan fingerprint density at radius 2 is 1.97 bits per heavy atom. The summed E-state index contributed by atoms with van der Waals surface area (Å²) in [5.41, 5.74) is 2.60. The fourth-order valence-corrected chi connectivity index (χ4v) is 7.13. The SMILES string of the molecule is C[C@H](NC(=O)CO/N=C1/C=C2CC[C@H]3[C@@H]4CC[C@@H](O)[C@@]4(C)CC[C@@H]3[C@@]2(C)CC1)C(=O)O. The van der Waals surface area contributed by atoms with Crippen LogP contribution in [0.4, 0.5) is 0 Å². The van der Waals surface area contributed by atoms with Gasteiger partial charge in [0.25, 0.3) is 5.91 Å². The highest BCUT2D eigenvalue weighted by Crippen LogP contribution is 2.65. The minimum atomic E-state index is -1.08. The first kappa shape index (κ1) is 22.3. The van der Waals surface area contributed by atoms with E-state index in [9.17, 15) is 14.7 Å². The van der Waals surface area contributed by atoms with Crippen LogP contribution in [0.15, 0.2) is 16.8 Å². The molecule has 0 aromatic rings. The van der Waals surface area contributed by atoms with Crippen molar-refractivity contribution in [2.24, 2.45) is 33.7 Å². The van der Waals surface area contributed by atoms with E-state index in [1.807, 2.05) is 0 Å². The summed E-state index contributed by atoms with van der Waals surface area (Å²) < 4.78 is 0. The number of nitrogens with zero attached hydrogens (tertiary/aromatic N) is 1. The molecule has 7 nitrogen and oxygen atoms in total. The van der Waals surface area contributed by atoms with E-state index in [1.54, 1.807) is 0 Å². The number of carbonyl (C=O) groups is 2. The standard InChI is InChI=1S/C24H36N2O5/c1-14(22(29)30)25-21(28)13-31-26-16-8-10-23(2)15(12-16)4-5-17-18-6-7-20(27)24(18,3)11-9-19(17)23/h12,14,17-20,27H,4-11,13H2,1-3H3,(H,25,28)(H,29,30)/b26-16+/t14-,17-,18-,19-,20+,23-,24-/m0/s1. The zero-order valence-electron chi connectivity index (χ0n) is 18.9. The molecule has 3 fully saturated rings. The number of aliphatic carboxylic acids is 1. The molecule has 31 heavy (non-hydrogen) atoms. The molecule has 7 atom stereocenters. The number of hydrogen-bond donors (Lipinski definition) is 3. The van der Waals surface area contributed by atoms with Crippen molar-refractivity contribution in [3.8, 4) is 0 Å². The summed E-state index contributed by atoms with van der Waals surface area (Å²) in [6.07, 6.45) is 10.6. The van der Waals surface area contributed by atoms with Crippen molar-refractivity contribution >= 4 is 17.6 Å². The summed E-state index contributed by atoms with van der Waals surface area (Å²) in [4.78, 5) is 27.8. The molecule has 0 aromatic carbocycles. The first-order valence-electron chi connectivity index (χ1n) is 11.8. The second-order valence-electron chi connectivity index (χ2n) is 10.6. The predicted octanol–water partition coefficient (Wildman–Crippen LogP) is 3.27. The molecule has 0 aliphatic heterocycles. The maximum absolute atomic E-state index is 11.8. The molecule has 4 rings (SSSR count). The number of allylic oxidation sites excluding steroid dienone is 2. The van der Waals surface area contributed by atoms with Crippen LogP contribution in [0.3, 0.4) is 0 Å². The zero-order chi connectivity index (χ0) is 22.4. The van der Waals surface area contributed by atoms with Gasteiger partial charge in [-0.2, -0.15) is 0 Å². The molecule has 172 valence electrons. The van der Waals surface area contributed by atoms with E-state index in [0.29, 0.717) is 17.8 Å². The maximum atomic E-state index is 11.8. The molecule has 3 saturated carbocycles. The Kier molecular flexibility index (Phi) is 5.92. The molecular formula is C24H36N2O5. The van der Waals surface area contributed by atoms with Crippen molar-refractivity contribution in [1.82, 2.24) is 5.32 Å². The normalized spacial score (nSPS) is 41.4. The fourth-order valence-electron chi connectivity index (χ4n) is 7.13. The number of carboxylic acid groups (broad SMARTS) is 1. The first-order chi connectivity index (χ1) is 14.6. The van der Waals surface area contributed by atoms with Gasteiger partial charge in [0.1, 0.15) is 6.04 Å². The molecule has 0 unspecified atom stereocenters. The summed E-state index contributed by atoms with van der Waals surface area (Å²) in [7, 11) is 0. The topological polar surface area (TPSA) is 108 Å². The number of rotatable bonds is 5. The quantitative estimate of drug-likeness (QED) is 0.578. The Balaban J connectivity index is 1.41. The number of carbonyl (C=O) groups excluding carboxylic acids is 1. The molecule has 0 heterocycles. The molecule has 0 aromatic heterocycles. The number of oxime groups is 1. The molecular weight excluding hydrogens is 396 g/mol. The van der Waals surface area contributed by atoms with Crippen molar-refractivity contribution in [2.45, 2.75) is 84.3 Å². The van der Waals surface area contributed by atoms with Crippen molar-refractivity contribution in [2.75, 3.05) is 6.61 Å². The Morgan fingerprint density at radius 1 is 1.19 bits per heavy atom. The van der Waals surface area contributed by atoms with E-state index in [4.69, 9.17) is 9.94 Å². The molecule has 4 aliphatic carbocycles. The van der Waals surface area contributed by atoms with Gasteiger partial charge in [-0.3, -0.25) is 9.59 Å². The minimum Gasteiger partial charge on any atom is -0.480 e. The van der Waals surface area contributed by atoms with Gasteiger partial charge in [0, 0.05) is 0 Å². The lowest BCUT2D eigenvalue weighted by Crippen LogP contribution is -2.51. The van der Waals surface area contributed by atoms with E-state index >= 15 is 0 Å². The third kappa shape index (κ3) is 3.90. The summed E-state index contributed by atoms with van der Waals surface area (Å²) in [6.45, 7) is 5.86. The lowest BCUT2D eigenvalue weighted by atomic mass is 9.47. The second-order valence-corrected chi connectivity index (χ2v) is 10.6. The summed E-state index contributed by atoms with van der Waals surface area (Å²) in [5, 5.41) is 26.0. The Hall–Kier alpha value is -1.89. The highest BCUT2D eigenvalue weighted by Gasteiger charge is 2.58. The third-order valence-corrected chi connectivity index (χ3v) is 9.05. The summed E-state index contributed by atoms with van der Waals surface area (Å²) in [5.74, 6) is 0.442. The van der Waals surface area contributed by atoms with Crippen LogP contribution in [0.5, 0.6) is 0 Å². The van der Waals surface area contributed by atoms with E-state index in [0.717, 1.165) is 44.2 Å². The number of aliphatic hydroxyl groups excluding tert-OH is 1. The number of hydrogen-bond acceptors (Lipinski definition) is 5. The molecule has 7 heteroatoms. The predicted molar refractivity (Wildman–Crippen MR) is 116 cm³/mol. The molecule has 1 amide bonds. The minimum absolute atomic E-state index is 0.104. The van der Waals surface area contributed by atoms with Gasteiger partial charge in [-0.15, -0.1) is 0 Å². The average Bonchev–Trinajstić information content (AvgIpc) is 3.02. The van der Waals surface area contributed by atoms with Crippen molar-refractivity contribution in [3.63, 3.8) is 0 Å². The van der Waals surface area contributed by atoms with Crippen LogP contribution >= 0.6 is 0 Å². The van der Waals surface area contributed by atoms with Crippen LogP contribution in [-0.2, 0) is 14.4 Å². The molecule has 0 bridgehead atoms. The average molecular weight is 433 g/mol. The first-order valence-corrected chi connectivity index (χ1v) is 11.8. The van der Waals surface area contributed by atoms with Gasteiger partial charge in [-0.05, 0) is 93.0 Å². The van der Waals surface area contributed by atoms with Crippen LogP contribution in [0.1, 0.15) is 72.1 Å². The smallest absolute Gasteiger partial charge is 0.325 e. The monoisotopic (exact) mass is 432 g/mol. The highest BCUT2D eigenvalue weighted by atomic mass is 16.6. The van der Waals surface area contributed by atoms with E-state index in [-0.39, 0.29) is 23.5 Å². The third-order valence-electron chi connectivity index (χ3n) is 9.05. The van der Waals surface area contributed by atoms with E-state index in [2.05, 4.69) is 30.4 Å². The Morgan fingerprint density at radius 3 is 2.71 bits per heavy atom. The largest absolute Gasteiger partial charge is 0.480 e. The van der Waals surface area contributed by atoms with Crippen molar-refractivity contribution < 1.29 is 24.6 Å². The number of aliphatic hydroxyl groups is 1. The van der Waals surface area contributed by atoms with Crippen LogP contribution in [0.25, 0.3) is 0 Å². The molecule has 0 saturated heterocycles. The van der Waals surface area contributed by atoms with Crippen LogP contribution in [0, 0.1) is 28.6 Å². The Labute approximate surface area is 184 Å². The van der Waals surface area contributed by atoms with Crippen LogP contribution < -0.4 is 5.32 Å². The molecule has 3 N–H and O–H groups in total. The van der Waals surface area contributed by atoms with Crippen LogP contribution in [0.2, 0.25) is 0 Å². The van der Waals surface area contributed by atoms with Gasteiger partial charge in [0.15, 0.2) is 6.61 Å². The maximum Gasteiger partial charge on any atom is 0.325 e. The van der Waals surface area contributed by atoms with Crippen molar-refractivity contribution in [1.29, 1.82) is 0 Å². The number of amides is 1. The lowest BCUT2D eigenvalue weighted by Gasteiger charge is -2.57. The van der Waals surface area contributed by atoms with E-state index in [1.165, 1.54) is 25.3 Å². The van der Waals surface area contributed by atoms with Gasteiger partial charge >= 0.3 is 5.97 Å². The summed E-state index contributed by atoms with van der Waals surface area (Å²) in [6, 6.07) is -0.949. The highest BCUT2D eigenvalue weighted by molar-refractivity contribution is 5.96. The van der Waals surface area contributed by atoms with Gasteiger partial charge in [0.2, 0.25) is 0 Å². The van der Waals surface area contributed by atoms with Gasteiger partial charge in [-0.25, -0.2) is 0 Å². The second kappa shape index (κ2) is 8.23. The number of fused-ring (bicyclic) bond motifs is 5. The zero-order valence-corrected chi connectivity index (χ0v) is 18.9. The van der Waals surface area contributed by atoms with Crippen molar-refractivity contribution in [3.05, 3.63) is 11.6 Å². The van der Waals surface area contributed by atoms with E-state index < -0.39 is 17.9 Å².